The van der Waals surface area contributed by atoms with Gasteiger partial charge in [-0.1, -0.05) is 17.3 Å². The largest absolute Gasteiger partial charge is 0.409 e. The van der Waals surface area contributed by atoms with E-state index in [-0.39, 0.29) is 5.84 Å². The number of nitrogens with zero attached hydrogens (tertiary/aromatic N) is 1. The second-order valence-corrected chi connectivity index (χ2v) is 5.32. The van der Waals surface area contributed by atoms with E-state index in [0.29, 0.717) is 5.92 Å². The molecule has 5 heteroatoms. The fraction of sp³-hybridized carbons (Fsp3) is 0.533. The van der Waals surface area contributed by atoms with Gasteiger partial charge in [0.25, 0.3) is 0 Å². The molecule has 0 bridgehead atoms. The summed E-state index contributed by atoms with van der Waals surface area (Å²) >= 11 is 0. The molecule has 1 aliphatic heterocycles. The zero-order valence-electron chi connectivity index (χ0n) is 11.9. The lowest BCUT2D eigenvalue weighted by atomic mass is 10.0. The van der Waals surface area contributed by atoms with Crippen LogP contribution in [0.2, 0.25) is 0 Å². The van der Waals surface area contributed by atoms with Crippen molar-refractivity contribution in [1.82, 2.24) is 5.32 Å². The van der Waals surface area contributed by atoms with Gasteiger partial charge in [-0.3, -0.25) is 0 Å². The minimum Gasteiger partial charge on any atom is -0.409 e. The average molecular weight is 277 g/mol. The summed E-state index contributed by atoms with van der Waals surface area (Å²) in [6, 6.07) is 5.84. The molecule has 2 rings (SSSR count). The van der Waals surface area contributed by atoms with Crippen molar-refractivity contribution in [2.75, 3.05) is 19.8 Å². The van der Waals surface area contributed by atoms with E-state index in [4.69, 9.17) is 15.7 Å². The zero-order chi connectivity index (χ0) is 14.4. The summed E-state index contributed by atoms with van der Waals surface area (Å²) in [4.78, 5) is 0. The first-order chi connectivity index (χ1) is 9.70. The van der Waals surface area contributed by atoms with Gasteiger partial charge in [0.15, 0.2) is 5.84 Å². The number of aryl methyl sites for hydroxylation is 1. The minimum atomic E-state index is 0.147. The van der Waals surface area contributed by atoms with Gasteiger partial charge in [0.05, 0.1) is 0 Å². The Morgan fingerprint density at radius 3 is 3.05 bits per heavy atom. The molecule has 1 saturated heterocycles. The number of oxime groups is 1. The predicted molar refractivity (Wildman–Crippen MR) is 78.9 cm³/mol. The van der Waals surface area contributed by atoms with Gasteiger partial charge in [0.2, 0.25) is 0 Å². The molecule has 0 aromatic heterocycles. The first-order valence-electron chi connectivity index (χ1n) is 7.06. The minimum absolute atomic E-state index is 0.147. The highest BCUT2D eigenvalue weighted by molar-refractivity contribution is 5.97. The fourth-order valence-corrected chi connectivity index (χ4v) is 2.45. The van der Waals surface area contributed by atoms with Crippen LogP contribution < -0.4 is 11.1 Å². The Hall–Kier alpha value is -1.59. The molecular weight excluding hydrogens is 254 g/mol. The maximum absolute atomic E-state index is 8.67. The van der Waals surface area contributed by atoms with Crippen molar-refractivity contribution in [3.63, 3.8) is 0 Å². The second-order valence-electron chi connectivity index (χ2n) is 5.32. The molecule has 0 spiro atoms. The summed E-state index contributed by atoms with van der Waals surface area (Å²) in [7, 11) is 0. The maximum Gasteiger partial charge on any atom is 0.170 e. The number of ether oxygens (including phenoxy) is 1. The van der Waals surface area contributed by atoms with Crippen LogP contribution in [0.25, 0.3) is 0 Å². The summed E-state index contributed by atoms with van der Waals surface area (Å²) in [6.45, 7) is 5.72. The molecule has 1 aromatic carbocycles. The summed E-state index contributed by atoms with van der Waals surface area (Å²) in [5.74, 6) is 0.861. The van der Waals surface area contributed by atoms with Gasteiger partial charge in [-0.15, -0.1) is 0 Å². The van der Waals surface area contributed by atoms with Gasteiger partial charge in [0, 0.05) is 25.3 Å². The highest BCUT2D eigenvalue weighted by Crippen LogP contribution is 2.15. The van der Waals surface area contributed by atoms with Crippen LogP contribution in [-0.2, 0) is 11.3 Å². The molecule has 1 atom stereocenters. The monoisotopic (exact) mass is 277 g/mol. The topological polar surface area (TPSA) is 79.9 Å². The van der Waals surface area contributed by atoms with Crippen LogP contribution in [0.3, 0.4) is 0 Å². The Balaban J connectivity index is 1.80. The summed E-state index contributed by atoms with van der Waals surface area (Å²) in [5.41, 5.74) is 8.71. The first-order valence-corrected chi connectivity index (χ1v) is 7.06. The molecule has 0 saturated carbocycles. The molecule has 5 nitrogen and oxygen atoms in total. The van der Waals surface area contributed by atoms with E-state index < -0.39 is 0 Å². The van der Waals surface area contributed by atoms with Gasteiger partial charge in [-0.05, 0) is 49.4 Å². The van der Waals surface area contributed by atoms with Crippen molar-refractivity contribution < 1.29 is 9.94 Å². The summed E-state index contributed by atoms with van der Waals surface area (Å²) in [5, 5.41) is 15.1. The molecule has 0 amide bonds. The van der Waals surface area contributed by atoms with E-state index in [9.17, 15) is 0 Å². The number of hydrogen-bond donors (Lipinski definition) is 3. The molecule has 4 N–H and O–H groups in total. The molecule has 1 aromatic rings. The van der Waals surface area contributed by atoms with Gasteiger partial charge >= 0.3 is 0 Å². The second kappa shape index (κ2) is 7.26. The Morgan fingerprint density at radius 2 is 2.40 bits per heavy atom. The maximum atomic E-state index is 8.67. The molecule has 0 aliphatic carbocycles. The molecule has 1 fully saturated rings. The van der Waals surface area contributed by atoms with Gasteiger partial charge in [-0.25, -0.2) is 0 Å². The van der Waals surface area contributed by atoms with E-state index in [2.05, 4.69) is 10.5 Å². The van der Waals surface area contributed by atoms with Gasteiger partial charge in [-0.2, -0.15) is 0 Å². The normalized spacial score (nSPS) is 19.4. The number of rotatable bonds is 6. The molecule has 20 heavy (non-hydrogen) atoms. The third kappa shape index (κ3) is 3.95. The molecule has 1 heterocycles. The van der Waals surface area contributed by atoms with Crippen LogP contribution in [0, 0.1) is 12.8 Å². The van der Waals surface area contributed by atoms with Crippen molar-refractivity contribution in [1.29, 1.82) is 0 Å². The summed E-state index contributed by atoms with van der Waals surface area (Å²) < 4.78 is 5.37. The quantitative estimate of drug-likeness (QED) is 0.243. The Bertz CT molecular complexity index is 468. The van der Waals surface area contributed by atoms with Crippen molar-refractivity contribution >= 4 is 5.84 Å². The Kier molecular flexibility index (Phi) is 5.38. The van der Waals surface area contributed by atoms with Crippen LogP contribution in [0.1, 0.15) is 29.5 Å². The van der Waals surface area contributed by atoms with Gasteiger partial charge < -0.3 is 21.0 Å². The molecule has 110 valence electrons. The highest BCUT2D eigenvalue weighted by Gasteiger charge is 2.14. The van der Waals surface area contributed by atoms with Crippen molar-refractivity contribution in [3.05, 3.63) is 34.9 Å². The standard InChI is InChI=1S/C15H23N3O2/c1-11-8-13(15(16)18-19)2-3-14(11)9-17-6-4-12-5-7-20-10-12/h2-3,8,12,17,19H,4-7,9-10H2,1H3,(H2,16,18). The van der Waals surface area contributed by atoms with E-state index in [1.165, 1.54) is 18.4 Å². The lowest BCUT2D eigenvalue weighted by Gasteiger charge is -2.11. The third-order valence-corrected chi connectivity index (χ3v) is 3.81. The van der Waals surface area contributed by atoms with Gasteiger partial charge in [0.1, 0.15) is 0 Å². The van der Waals surface area contributed by atoms with E-state index in [0.717, 1.165) is 37.4 Å². The number of nitrogens with two attached hydrogens (primary N) is 1. The highest BCUT2D eigenvalue weighted by atomic mass is 16.5. The average Bonchev–Trinajstić information content (AvgIpc) is 2.97. The van der Waals surface area contributed by atoms with Crippen LogP contribution >= 0.6 is 0 Å². The van der Waals surface area contributed by atoms with Crippen LogP contribution in [-0.4, -0.2) is 30.8 Å². The molecule has 1 unspecified atom stereocenters. The van der Waals surface area contributed by atoms with Crippen LogP contribution in [0.4, 0.5) is 0 Å². The molecule has 1 aliphatic rings. The summed E-state index contributed by atoms with van der Waals surface area (Å²) in [6.07, 6.45) is 2.36. The van der Waals surface area contributed by atoms with Crippen molar-refractivity contribution in [2.24, 2.45) is 16.8 Å². The first kappa shape index (κ1) is 14.8. The number of hydrogen-bond acceptors (Lipinski definition) is 4. The van der Waals surface area contributed by atoms with E-state index in [1.807, 2.05) is 25.1 Å². The van der Waals surface area contributed by atoms with E-state index >= 15 is 0 Å². The Morgan fingerprint density at radius 1 is 1.55 bits per heavy atom. The number of benzene rings is 1. The van der Waals surface area contributed by atoms with Crippen LogP contribution in [0.15, 0.2) is 23.4 Å². The van der Waals surface area contributed by atoms with Crippen LogP contribution in [0.5, 0.6) is 0 Å². The predicted octanol–water partition coefficient (Wildman–Crippen LogP) is 1.61. The van der Waals surface area contributed by atoms with Crippen molar-refractivity contribution in [2.45, 2.75) is 26.3 Å². The molecular formula is C15H23N3O2. The Labute approximate surface area is 119 Å². The third-order valence-electron chi connectivity index (χ3n) is 3.81. The number of amidine groups is 1. The smallest absolute Gasteiger partial charge is 0.170 e. The number of nitrogens with one attached hydrogen (secondary N) is 1. The molecule has 0 radical (unpaired) electrons. The van der Waals surface area contributed by atoms with E-state index in [1.54, 1.807) is 0 Å². The lowest BCUT2D eigenvalue weighted by Crippen LogP contribution is -2.19. The van der Waals surface area contributed by atoms with Crippen molar-refractivity contribution in [3.8, 4) is 0 Å². The lowest BCUT2D eigenvalue weighted by molar-refractivity contribution is 0.184. The SMILES string of the molecule is Cc1cc(/C(N)=N/O)ccc1CNCCC1CCOC1. The zero-order valence-corrected chi connectivity index (χ0v) is 11.9. The fourth-order valence-electron chi connectivity index (χ4n) is 2.45.